The van der Waals surface area contributed by atoms with Crippen LogP contribution in [0.3, 0.4) is 0 Å². The van der Waals surface area contributed by atoms with Crippen LogP contribution in [0.4, 0.5) is 0 Å². The first-order valence-electron chi connectivity index (χ1n) is 6.48. The van der Waals surface area contributed by atoms with E-state index in [1.165, 1.54) is 51.4 Å². The van der Waals surface area contributed by atoms with Gasteiger partial charge in [-0.3, -0.25) is 0 Å². The molecule has 0 aliphatic rings. The highest BCUT2D eigenvalue weighted by molar-refractivity contribution is 7.45. The summed E-state index contributed by atoms with van der Waals surface area (Å²) in [5.74, 6) is 0. The fourth-order valence-corrected chi connectivity index (χ4v) is 1.21. The average molecular weight is 372 g/mol. The molecule has 0 aliphatic heterocycles. The molecule has 0 aromatic heterocycles. The van der Waals surface area contributed by atoms with Crippen LogP contribution in [0.2, 0.25) is 0 Å². The van der Waals surface area contributed by atoms with E-state index in [4.69, 9.17) is 38.5 Å². The molecule has 11 heteroatoms. The highest BCUT2D eigenvalue weighted by atomic mass is 31.2. The van der Waals surface area contributed by atoms with Crippen molar-refractivity contribution in [2.75, 3.05) is 0 Å². The van der Waals surface area contributed by atoms with Crippen LogP contribution in [-0.4, -0.2) is 34.8 Å². The van der Waals surface area contributed by atoms with Gasteiger partial charge in [-0.1, -0.05) is 72.6 Å². The highest BCUT2D eigenvalue weighted by Gasteiger charge is 2.00. The molecule has 0 amide bonds. The molecule has 0 fully saturated rings. The molecule has 0 aromatic rings. The standard InChI is InChI=1S/C10H22.CH4.2H3O4P.H2O/c1-3-5-7-9-10-8-6-4-2;;2*1-5(2,3)4;/h3-10H2,1-2H3;1H4;2*(H3,1,2,3,4);1H2. The minimum Gasteiger partial charge on any atom is -0.412 e. The third-order valence-corrected chi connectivity index (χ3v) is 1.96. The van der Waals surface area contributed by atoms with Gasteiger partial charge in [-0.15, -0.1) is 0 Å². The summed E-state index contributed by atoms with van der Waals surface area (Å²) >= 11 is 0. The van der Waals surface area contributed by atoms with Gasteiger partial charge >= 0.3 is 15.6 Å². The Morgan fingerprint density at radius 1 is 0.591 bits per heavy atom. The average Bonchev–Trinajstić information content (AvgIpc) is 2.18. The van der Waals surface area contributed by atoms with Gasteiger partial charge in [0.1, 0.15) is 0 Å². The predicted molar refractivity (Wildman–Crippen MR) is 87.2 cm³/mol. The van der Waals surface area contributed by atoms with Crippen molar-refractivity contribution in [2.45, 2.75) is 72.6 Å². The van der Waals surface area contributed by atoms with E-state index in [-0.39, 0.29) is 12.9 Å². The second-order valence-electron chi connectivity index (χ2n) is 4.15. The van der Waals surface area contributed by atoms with Crippen molar-refractivity contribution in [1.82, 2.24) is 0 Å². The number of rotatable bonds is 7. The van der Waals surface area contributed by atoms with Crippen LogP contribution in [0.25, 0.3) is 0 Å². The highest BCUT2D eigenvalue weighted by Crippen LogP contribution is 2.26. The lowest BCUT2D eigenvalue weighted by atomic mass is 10.1. The zero-order chi connectivity index (χ0) is 16.7. The van der Waals surface area contributed by atoms with Crippen LogP contribution in [-0.2, 0) is 9.13 Å². The second-order valence-corrected chi connectivity index (χ2v) is 6.20. The Labute approximate surface area is 133 Å². The third kappa shape index (κ3) is 144. The smallest absolute Gasteiger partial charge is 0.412 e. The summed E-state index contributed by atoms with van der Waals surface area (Å²) in [6.45, 7) is 4.54. The maximum Gasteiger partial charge on any atom is 0.466 e. The minimum absolute atomic E-state index is 0. The summed E-state index contributed by atoms with van der Waals surface area (Å²) in [5, 5.41) is 0. The maximum atomic E-state index is 8.88. The van der Waals surface area contributed by atoms with Crippen molar-refractivity contribution >= 4 is 15.6 Å². The van der Waals surface area contributed by atoms with Gasteiger partial charge in [0.2, 0.25) is 0 Å². The van der Waals surface area contributed by atoms with Crippen molar-refractivity contribution < 1.29 is 44.0 Å². The quantitative estimate of drug-likeness (QED) is 0.289. The second kappa shape index (κ2) is 21.2. The molecular weight excluding hydrogens is 338 g/mol. The number of hydrogen-bond acceptors (Lipinski definition) is 2. The lowest BCUT2D eigenvalue weighted by Gasteiger charge is -1.97. The first-order chi connectivity index (χ1) is 8.91. The molecule has 0 aromatic carbocycles. The summed E-state index contributed by atoms with van der Waals surface area (Å²) < 4.78 is 17.8. The Bertz CT molecular complexity index is 230. The normalized spacial score (nSPS) is 10.0. The number of phosphoric acid groups is 2. The Kier molecular flexibility index (Phi) is 32.5. The van der Waals surface area contributed by atoms with E-state index in [2.05, 4.69) is 13.8 Å². The summed E-state index contributed by atoms with van der Waals surface area (Å²) in [6, 6.07) is 0. The first kappa shape index (κ1) is 33.7. The van der Waals surface area contributed by atoms with Crippen LogP contribution < -0.4 is 0 Å². The molecule has 0 aliphatic carbocycles. The zero-order valence-corrected chi connectivity index (χ0v) is 14.3. The molecule has 22 heavy (non-hydrogen) atoms. The molecule has 0 radical (unpaired) electrons. The molecule has 0 bridgehead atoms. The van der Waals surface area contributed by atoms with E-state index in [0.717, 1.165) is 0 Å². The summed E-state index contributed by atoms with van der Waals surface area (Å²) in [7, 11) is -9.28. The van der Waals surface area contributed by atoms with Gasteiger partial charge in [0, 0.05) is 0 Å². The van der Waals surface area contributed by atoms with E-state index in [1.54, 1.807) is 0 Å². The van der Waals surface area contributed by atoms with E-state index < -0.39 is 15.6 Å². The van der Waals surface area contributed by atoms with Crippen LogP contribution in [0.1, 0.15) is 72.6 Å². The molecule has 8 N–H and O–H groups in total. The van der Waals surface area contributed by atoms with Gasteiger partial charge in [-0.2, -0.15) is 0 Å². The van der Waals surface area contributed by atoms with Crippen LogP contribution in [0, 0.1) is 0 Å². The summed E-state index contributed by atoms with van der Waals surface area (Å²) in [6.07, 6.45) is 11.5. The molecule has 9 nitrogen and oxygen atoms in total. The monoisotopic (exact) mass is 372 g/mol. The molecule has 0 atom stereocenters. The van der Waals surface area contributed by atoms with Gasteiger partial charge in [-0.05, 0) is 0 Å². The SMILES string of the molecule is C.CCCCCCCCCC.O.O=P(O)(O)O.O=P(O)(O)O. The zero-order valence-electron chi connectivity index (χ0n) is 12.6. The van der Waals surface area contributed by atoms with Crippen molar-refractivity contribution in [3.8, 4) is 0 Å². The molecular formula is C11H34O9P2. The number of unbranched alkanes of at least 4 members (excludes halogenated alkanes) is 7. The topological polar surface area (TPSA) is 187 Å². The van der Waals surface area contributed by atoms with Gasteiger partial charge in [-0.25, -0.2) is 9.13 Å². The van der Waals surface area contributed by atoms with E-state index in [1.807, 2.05) is 0 Å². The fourth-order valence-electron chi connectivity index (χ4n) is 1.21. The van der Waals surface area contributed by atoms with Crippen molar-refractivity contribution in [3.63, 3.8) is 0 Å². The Balaban J connectivity index is -0.0000000692. The molecule has 0 saturated carbocycles. The molecule has 0 spiro atoms. The minimum atomic E-state index is -4.64. The molecule has 0 heterocycles. The van der Waals surface area contributed by atoms with Gasteiger partial charge in [0.05, 0.1) is 0 Å². The lowest BCUT2D eigenvalue weighted by Crippen LogP contribution is -1.77. The number of hydrogen-bond donors (Lipinski definition) is 6. The van der Waals surface area contributed by atoms with Crippen LogP contribution in [0.5, 0.6) is 0 Å². The van der Waals surface area contributed by atoms with E-state index >= 15 is 0 Å². The maximum absolute atomic E-state index is 8.88. The predicted octanol–water partition coefficient (Wildman–Crippen LogP) is 2.10. The fraction of sp³-hybridized carbons (Fsp3) is 1.00. The first-order valence-corrected chi connectivity index (χ1v) is 9.61. The third-order valence-electron chi connectivity index (χ3n) is 1.96. The van der Waals surface area contributed by atoms with Crippen LogP contribution >= 0.6 is 15.6 Å². The Morgan fingerprint density at radius 2 is 0.727 bits per heavy atom. The molecule has 0 unspecified atom stereocenters. The van der Waals surface area contributed by atoms with E-state index in [9.17, 15) is 0 Å². The largest absolute Gasteiger partial charge is 0.466 e. The van der Waals surface area contributed by atoms with Crippen molar-refractivity contribution in [1.29, 1.82) is 0 Å². The van der Waals surface area contributed by atoms with Crippen molar-refractivity contribution in [3.05, 3.63) is 0 Å². The Morgan fingerprint density at radius 3 is 0.864 bits per heavy atom. The molecule has 0 saturated heterocycles. The van der Waals surface area contributed by atoms with Gasteiger partial charge in [0.25, 0.3) is 0 Å². The molecule has 142 valence electrons. The lowest BCUT2D eigenvalue weighted by molar-refractivity contribution is 0.272. The van der Waals surface area contributed by atoms with Gasteiger partial charge in [0.15, 0.2) is 0 Å². The van der Waals surface area contributed by atoms with Gasteiger partial charge < -0.3 is 34.8 Å². The Hall–Kier alpha value is 0.180. The van der Waals surface area contributed by atoms with Crippen molar-refractivity contribution in [2.24, 2.45) is 0 Å². The summed E-state index contributed by atoms with van der Waals surface area (Å²) in [5.41, 5.74) is 0. The van der Waals surface area contributed by atoms with Crippen LogP contribution in [0.15, 0.2) is 0 Å². The summed E-state index contributed by atoms with van der Waals surface area (Å²) in [4.78, 5) is 43.1. The molecule has 0 rings (SSSR count). The van der Waals surface area contributed by atoms with E-state index in [0.29, 0.717) is 0 Å².